The van der Waals surface area contributed by atoms with Crippen LogP contribution in [0, 0.1) is 5.92 Å². The third-order valence-electron chi connectivity index (χ3n) is 4.77. The van der Waals surface area contributed by atoms with Crippen molar-refractivity contribution in [1.82, 2.24) is 10.7 Å². The number of hydrazone groups is 1. The Balaban J connectivity index is 1.74. The number of methoxy groups -OCH3 is 3. The summed E-state index contributed by atoms with van der Waals surface area (Å²) in [7, 11) is 4.55. The largest absolute Gasteiger partial charge is 0.493 e. The Morgan fingerprint density at radius 3 is 2.34 bits per heavy atom. The highest BCUT2D eigenvalue weighted by Crippen LogP contribution is 2.37. The number of nitrogens with zero attached hydrogens (tertiary/aromatic N) is 1. The van der Waals surface area contributed by atoms with Crippen molar-refractivity contribution in [3.8, 4) is 17.2 Å². The summed E-state index contributed by atoms with van der Waals surface area (Å²) in [5.41, 5.74) is 4.03. The minimum atomic E-state index is -0.838. The minimum Gasteiger partial charge on any atom is -0.493 e. The van der Waals surface area contributed by atoms with Gasteiger partial charge < -0.3 is 19.5 Å². The number of hydrogen-bond acceptors (Lipinski definition) is 6. The molecule has 1 heterocycles. The number of amides is 2. The first-order chi connectivity index (χ1) is 14.1. The lowest BCUT2D eigenvalue weighted by Crippen LogP contribution is -2.34. The maximum Gasteiger partial charge on any atom is 0.253 e. The van der Waals surface area contributed by atoms with Gasteiger partial charge in [-0.2, -0.15) is 5.10 Å². The van der Waals surface area contributed by atoms with Crippen molar-refractivity contribution in [3.05, 3.63) is 53.6 Å². The summed E-state index contributed by atoms with van der Waals surface area (Å²) >= 11 is 0. The lowest BCUT2D eigenvalue weighted by atomic mass is 9.88. The Hall–Kier alpha value is -3.55. The van der Waals surface area contributed by atoms with Gasteiger partial charge in [0.1, 0.15) is 5.92 Å². The molecule has 2 N–H and O–H groups in total. The van der Waals surface area contributed by atoms with Crippen LogP contribution >= 0.6 is 0 Å². The number of nitrogens with one attached hydrogen (secondary N) is 2. The topological polar surface area (TPSA) is 98.2 Å². The number of rotatable bonds is 7. The molecule has 8 heteroatoms. The highest BCUT2D eigenvalue weighted by atomic mass is 16.5. The fourth-order valence-electron chi connectivity index (χ4n) is 3.35. The average Bonchev–Trinajstić information content (AvgIpc) is 3.14. The number of carbonyl (C=O) groups excluding carboxylic acids is 2. The van der Waals surface area contributed by atoms with E-state index in [1.165, 1.54) is 27.5 Å². The highest BCUT2D eigenvalue weighted by molar-refractivity contribution is 6.03. The molecule has 2 amide bonds. The number of hydrogen-bond donors (Lipinski definition) is 2. The zero-order chi connectivity index (χ0) is 20.8. The second-order valence-corrected chi connectivity index (χ2v) is 6.43. The predicted octanol–water partition coefficient (Wildman–Crippen LogP) is 1.69. The predicted molar refractivity (Wildman–Crippen MR) is 108 cm³/mol. The van der Waals surface area contributed by atoms with Crippen LogP contribution in [-0.4, -0.2) is 45.9 Å². The molecule has 0 bridgehead atoms. The third-order valence-corrected chi connectivity index (χ3v) is 4.77. The molecule has 2 aromatic rings. The van der Waals surface area contributed by atoms with E-state index < -0.39 is 11.8 Å². The van der Waals surface area contributed by atoms with Gasteiger partial charge in [0.15, 0.2) is 11.5 Å². The molecule has 8 nitrogen and oxygen atoms in total. The first-order valence-electron chi connectivity index (χ1n) is 9.04. The first kappa shape index (κ1) is 20.2. The van der Waals surface area contributed by atoms with Gasteiger partial charge in [-0.15, -0.1) is 0 Å². The number of ether oxygens (including phenoxy) is 3. The molecule has 0 aromatic heterocycles. The van der Waals surface area contributed by atoms with Gasteiger partial charge in [0, 0.05) is 18.0 Å². The average molecular weight is 397 g/mol. The van der Waals surface area contributed by atoms with E-state index in [-0.39, 0.29) is 11.8 Å². The Kier molecular flexibility index (Phi) is 6.33. The van der Waals surface area contributed by atoms with E-state index in [2.05, 4.69) is 15.8 Å². The van der Waals surface area contributed by atoms with Crippen molar-refractivity contribution < 1.29 is 23.8 Å². The van der Waals surface area contributed by atoms with Crippen LogP contribution in [0.3, 0.4) is 0 Å². The van der Waals surface area contributed by atoms with E-state index in [4.69, 9.17) is 14.2 Å². The van der Waals surface area contributed by atoms with Crippen LogP contribution in [0.5, 0.6) is 17.2 Å². The molecule has 152 valence electrons. The molecule has 2 aromatic carbocycles. The molecular weight excluding hydrogens is 374 g/mol. The van der Waals surface area contributed by atoms with Gasteiger partial charge in [0.2, 0.25) is 11.7 Å². The molecule has 1 aliphatic rings. The summed E-state index contributed by atoms with van der Waals surface area (Å²) in [5, 5.41) is 6.75. The summed E-state index contributed by atoms with van der Waals surface area (Å²) in [5.74, 6) is -0.436. The summed E-state index contributed by atoms with van der Waals surface area (Å²) in [6.45, 7) is 0.414. The Morgan fingerprint density at radius 2 is 1.76 bits per heavy atom. The molecule has 1 aliphatic heterocycles. The summed E-state index contributed by atoms with van der Waals surface area (Å²) in [6.07, 6.45) is 1.45. The second kappa shape index (κ2) is 9.09. The zero-order valence-corrected chi connectivity index (χ0v) is 16.5. The zero-order valence-electron chi connectivity index (χ0n) is 16.5. The van der Waals surface area contributed by atoms with E-state index in [9.17, 15) is 9.59 Å². The smallest absolute Gasteiger partial charge is 0.253 e. The summed E-state index contributed by atoms with van der Waals surface area (Å²) < 4.78 is 15.9. The van der Waals surface area contributed by atoms with Crippen LogP contribution in [0.15, 0.2) is 47.6 Å². The lowest BCUT2D eigenvalue weighted by Gasteiger charge is -2.15. The molecule has 1 saturated heterocycles. The molecule has 0 radical (unpaired) electrons. The van der Waals surface area contributed by atoms with Gasteiger partial charge >= 0.3 is 0 Å². The molecule has 3 rings (SSSR count). The highest BCUT2D eigenvalue weighted by Gasteiger charge is 2.40. The van der Waals surface area contributed by atoms with E-state index in [0.29, 0.717) is 29.4 Å². The van der Waals surface area contributed by atoms with Gasteiger partial charge in [-0.25, -0.2) is 5.43 Å². The third kappa shape index (κ3) is 4.31. The first-order valence-corrected chi connectivity index (χ1v) is 9.04. The van der Waals surface area contributed by atoms with Crippen molar-refractivity contribution in [2.24, 2.45) is 11.0 Å². The van der Waals surface area contributed by atoms with Crippen LogP contribution < -0.4 is 25.0 Å². The molecular formula is C21H23N3O5. The Labute approximate surface area is 168 Å². The van der Waals surface area contributed by atoms with Gasteiger partial charge in [0.25, 0.3) is 5.91 Å². The molecule has 0 saturated carbocycles. The Bertz CT molecular complexity index is 889. The molecule has 2 atom stereocenters. The van der Waals surface area contributed by atoms with Crippen molar-refractivity contribution >= 4 is 18.0 Å². The summed E-state index contributed by atoms with van der Waals surface area (Å²) in [4.78, 5) is 24.8. The van der Waals surface area contributed by atoms with Crippen molar-refractivity contribution in [2.45, 2.75) is 5.92 Å². The number of carbonyl (C=O) groups is 2. The van der Waals surface area contributed by atoms with Crippen LogP contribution in [0.4, 0.5) is 0 Å². The molecule has 0 spiro atoms. The minimum absolute atomic E-state index is 0.236. The van der Waals surface area contributed by atoms with Gasteiger partial charge in [-0.1, -0.05) is 30.3 Å². The molecule has 29 heavy (non-hydrogen) atoms. The standard InChI is InChI=1S/C21H23N3O5/c1-27-16-9-13(10-17(28-2)19(16)29-3)11-23-24-21(26)18-15(12-22-20(18)25)14-7-5-4-6-8-14/h4-11,15,18H,12H2,1-3H3,(H,22,25)(H,24,26)/b23-11+/t15-,18+/m1/s1. The lowest BCUT2D eigenvalue weighted by molar-refractivity contribution is -0.133. The van der Waals surface area contributed by atoms with Gasteiger partial charge in [-0.05, 0) is 17.7 Å². The van der Waals surface area contributed by atoms with Crippen LogP contribution in [0.1, 0.15) is 17.0 Å². The van der Waals surface area contributed by atoms with E-state index >= 15 is 0 Å². The summed E-state index contributed by atoms with van der Waals surface area (Å²) in [6, 6.07) is 12.9. The van der Waals surface area contributed by atoms with Gasteiger partial charge in [-0.3, -0.25) is 9.59 Å². The quantitative estimate of drug-likeness (QED) is 0.421. The fraction of sp³-hybridized carbons (Fsp3) is 0.286. The normalized spacial score (nSPS) is 18.4. The SMILES string of the molecule is COc1cc(/C=N/NC(=O)[C@@H]2C(=O)NC[C@@H]2c2ccccc2)cc(OC)c1OC. The van der Waals surface area contributed by atoms with E-state index in [0.717, 1.165) is 5.56 Å². The second-order valence-electron chi connectivity index (χ2n) is 6.43. The van der Waals surface area contributed by atoms with Crippen molar-refractivity contribution in [3.63, 3.8) is 0 Å². The van der Waals surface area contributed by atoms with E-state index in [1.54, 1.807) is 12.1 Å². The van der Waals surface area contributed by atoms with Crippen LogP contribution in [0.2, 0.25) is 0 Å². The molecule has 0 aliphatic carbocycles. The molecule has 0 unspecified atom stereocenters. The number of benzene rings is 2. The van der Waals surface area contributed by atoms with Crippen LogP contribution in [0.25, 0.3) is 0 Å². The van der Waals surface area contributed by atoms with Gasteiger partial charge in [0.05, 0.1) is 27.5 Å². The Morgan fingerprint density at radius 1 is 1.10 bits per heavy atom. The molecule has 1 fully saturated rings. The van der Waals surface area contributed by atoms with Crippen LogP contribution in [-0.2, 0) is 9.59 Å². The monoisotopic (exact) mass is 397 g/mol. The maximum absolute atomic E-state index is 12.6. The maximum atomic E-state index is 12.6. The fourth-order valence-corrected chi connectivity index (χ4v) is 3.35. The van der Waals surface area contributed by atoms with Crippen molar-refractivity contribution in [1.29, 1.82) is 0 Å². The van der Waals surface area contributed by atoms with Crippen molar-refractivity contribution in [2.75, 3.05) is 27.9 Å². The van der Waals surface area contributed by atoms with E-state index in [1.807, 2.05) is 30.3 Å².